The highest BCUT2D eigenvalue weighted by Crippen LogP contribution is 2.27. The van der Waals surface area contributed by atoms with E-state index in [2.05, 4.69) is 9.97 Å². The van der Waals surface area contributed by atoms with E-state index in [1.807, 2.05) is 55.5 Å². The summed E-state index contributed by atoms with van der Waals surface area (Å²) in [7, 11) is 0. The molecule has 3 rings (SSSR count). The van der Waals surface area contributed by atoms with E-state index in [4.69, 9.17) is 23.2 Å². The Kier molecular flexibility index (Phi) is 3.51. The first-order chi connectivity index (χ1) is 9.63. The van der Waals surface area contributed by atoms with Crippen molar-refractivity contribution in [3.63, 3.8) is 0 Å². The van der Waals surface area contributed by atoms with Crippen LogP contribution in [0.2, 0.25) is 10.0 Å². The van der Waals surface area contributed by atoms with Gasteiger partial charge in [0.2, 0.25) is 0 Å². The van der Waals surface area contributed by atoms with Crippen LogP contribution >= 0.6 is 23.2 Å². The molecule has 3 aromatic rings. The molecule has 0 saturated heterocycles. The first kappa shape index (κ1) is 13.2. The summed E-state index contributed by atoms with van der Waals surface area (Å²) in [6, 6.07) is 15.3. The summed E-state index contributed by atoms with van der Waals surface area (Å²) in [6.45, 7) is 2.01. The van der Waals surface area contributed by atoms with Gasteiger partial charge in [-0.1, -0.05) is 35.3 Å². The lowest BCUT2D eigenvalue weighted by atomic mass is 10.1. The predicted molar refractivity (Wildman–Crippen MR) is 84.2 cm³/mol. The number of hydrogen-bond donors (Lipinski definition) is 1. The van der Waals surface area contributed by atoms with Gasteiger partial charge in [-0.3, -0.25) is 0 Å². The van der Waals surface area contributed by atoms with Gasteiger partial charge in [-0.05, 0) is 43.3 Å². The van der Waals surface area contributed by atoms with Gasteiger partial charge in [0.1, 0.15) is 5.82 Å². The molecule has 0 bridgehead atoms. The molecule has 0 fully saturated rings. The summed E-state index contributed by atoms with van der Waals surface area (Å²) in [4.78, 5) is 7.97. The fraction of sp³-hybridized carbons (Fsp3) is 0.0625. The summed E-state index contributed by atoms with van der Waals surface area (Å²) < 4.78 is 0. The van der Waals surface area contributed by atoms with Gasteiger partial charge < -0.3 is 4.98 Å². The standard InChI is InChI=1S/C16H12Cl2N2/c1-10-15(11-2-6-13(17)7-3-11)20-16(19-10)12-4-8-14(18)9-5-12/h2-9H,1H3,(H,19,20). The maximum Gasteiger partial charge on any atom is 0.138 e. The fourth-order valence-corrected chi connectivity index (χ4v) is 2.35. The molecule has 0 unspecified atom stereocenters. The van der Waals surface area contributed by atoms with Crippen LogP contribution < -0.4 is 0 Å². The maximum atomic E-state index is 5.91. The monoisotopic (exact) mass is 302 g/mol. The normalized spacial score (nSPS) is 10.8. The third-order valence-electron chi connectivity index (χ3n) is 3.12. The molecular formula is C16H12Cl2N2. The highest BCUT2D eigenvalue weighted by molar-refractivity contribution is 6.30. The molecule has 0 amide bonds. The Labute approximate surface area is 127 Å². The first-order valence-electron chi connectivity index (χ1n) is 6.22. The van der Waals surface area contributed by atoms with Crippen molar-refractivity contribution in [1.82, 2.24) is 9.97 Å². The van der Waals surface area contributed by atoms with E-state index >= 15 is 0 Å². The zero-order chi connectivity index (χ0) is 14.1. The average molecular weight is 303 g/mol. The van der Waals surface area contributed by atoms with E-state index in [-0.39, 0.29) is 0 Å². The van der Waals surface area contributed by atoms with E-state index in [1.165, 1.54) is 0 Å². The van der Waals surface area contributed by atoms with Crippen LogP contribution in [0.5, 0.6) is 0 Å². The van der Waals surface area contributed by atoms with Crippen molar-refractivity contribution >= 4 is 23.2 Å². The minimum atomic E-state index is 0.718. The molecule has 100 valence electrons. The Morgan fingerprint density at radius 1 is 0.800 bits per heavy atom. The lowest BCUT2D eigenvalue weighted by molar-refractivity contribution is 1.26. The van der Waals surface area contributed by atoms with Gasteiger partial charge in [0, 0.05) is 26.9 Å². The van der Waals surface area contributed by atoms with Crippen LogP contribution in [0.4, 0.5) is 0 Å². The smallest absolute Gasteiger partial charge is 0.138 e. The van der Waals surface area contributed by atoms with Crippen LogP contribution in [-0.2, 0) is 0 Å². The van der Waals surface area contributed by atoms with Crippen LogP contribution in [0, 0.1) is 6.92 Å². The minimum absolute atomic E-state index is 0.718. The third-order valence-corrected chi connectivity index (χ3v) is 3.62. The second-order valence-electron chi connectivity index (χ2n) is 4.57. The van der Waals surface area contributed by atoms with Gasteiger partial charge in [0.25, 0.3) is 0 Å². The number of hydrogen-bond acceptors (Lipinski definition) is 1. The molecule has 1 N–H and O–H groups in total. The van der Waals surface area contributed by atoms with Gasteiger partial charge in [0.15, 0.2) is 0 Å². The van der Waals surface area contributed by atoms with Crippen LogP contribution in [0.25, 0.3) is 22.6 Å². The number of nitrogens with zero attached hydrogens (tertiary/aromatic N) is 1. The van der Waals surface area contributed by atoms with Crippen molar-refractivity contribution in [3.05, 3.63) is 64.3 Å². The number of halogens is 2. The number of aromatic amines is 1. The molecule has 0 aliphatic rings. The zero-order valence-electron chi connectivity index (χ0n) is 10.8. The second-order valence-corrected chi connectivity index (χ2v) is 5.45. The summed E-state index contributed by atoms with van der Waals surface area (Å²) in [6.07, 6.45) is 0. The van der Waals surface area contributed by atoms with E-state index in [0.717, 1.165) is 38.4 Å². The molecule has 4 heteroatoms. The Morgan fingerprint density at radius 3 is 1.85 bits per heavy atom. The highest BCUT2D eigenvalue weighted by atomic mass is 35.5. The number of aryl methyl sites for hydroxylation is 1. The molecule has 0 atom stereocenters. The summed E-state index contributed by atoms with van der Waals surface area (Å²) in [5, 5.41) is 1.44. The molecule has 0 spiro atoms. The number of benzene rings is 2. The van der Waals surface area contributed by atoms with Crippen LogP contribution in [0.1, 0.15) is 5.69 Å². The molecule has 1 heterocycles. The minimum Gasteiger partial charge on any atom is -0.342 e. The van der Waals surface area contributed by atoms with Gasteiger partial charge in [-0.15, -0.1) is 0 Å². The first-order valence-corrected chi connectivity index (χ1v) is 6.97. The molecule has 20 heavy (non-hydrogen) atoms. The number of H-pyrrole nitrogens is 1. The van der Waals surface area contributed by atoms with Gasteiger partial charge in [0.05, 0.1) is 5.69 Å². The van der Waals surface area contributed by atoms with Crippen molar-refractivity contribution in [2.45, 2.75) is 6.92 Å². The van der Waals surface area contributed by atoms with Crippen molar-refractivity contribution in [2.24, 2.45) is 0 Å². The lowest BCUT2D eigenvalue weighted by Gasteiger charge is -1.98. The number of rotatable bonds is 2. The van der Waals surface area contributed by atoms with Gasteiger partial charge in [-0.25, -0.2) is 4.98 Å². The fourth-order valence-electron chi connectivity index (χ4n) is 2.09. The largest absolute Gasteiger partial charge is 0.342 e. The maximum absolute atomic E-state index is 5.91. The number of aromatic nitrogens is 2. The number of nitrogens with one attached hydrogen (secondary N) is 1. The van der Waals surface area contributed by atoms with Crippen LogP contribution in [-0.4, -0.2) is 9.97 Å². The van der Waals surface area contributed by atoms with Crippen LogP contribution in [0.15, 0.2) is 48.5 Å². The quantitative estimate of drug-likeness (QED) is 0.678. The molecule has 0 aliphatic heterocycles. The topological polar surface area (TPSA) is 28.7 Å². The van der Waals surface area contributed by atoms with Gasteiger partial charge >= 0.3 is 0 Å². The van der Waals surface area contributed by atoms with E-state index < -0.39 is 0 Å². The third kappa shape index (κ3) is 2.58. The summed E-state index contributed by atoms with van der Waals surface area (Å²) >= 11 is 11.8. The average Bonchev–Trinajstić information content (AvgIpc) is 2.82. The SMILES string of the molecule is Cc1[nH]c(-c2ccc(Cl)cc2)nc1-c1ccc(Cl)cc1. The van der Waals surface area contributed by atoms with Crippen molar-refractivity contribution in [2.75, 3.05) is 0 Å². The van der Waals surface area contributed by atoms with Crippen molar-refractivity contribution in [3.8, 4) is 22.6 Å². The Balaban J connectivity index is 2.02. The van der Waals surface area contributed by atoms with Crippen molar-refractivity contribution < 1.29 is 0 Å². The lowest BCUT2D eigenvalue weighted by Crippen LogP contribution is -1.81. The molecule has 0 aliphatic carbocycles. The predicted octanol–water partition coefficient (Wildman–Crippen LogP) is 5.36. The van der Waals surface area contributed by atoms with Crippen molar-refractivity contribution in [1.29, 1.82) is 0 Å². The Morgan fingerprint density at radius 2 is 1.30 bits per heavy atom. The van der Waals surface area contributed by atoms with Crippen LogP contribution in [0.3, 0.4) is 0 Å². The van der Waals surface area contributed by atoms with E-state index in [0.29, 0.717) is 0 Å². The molecule has 0 saturated carbocycles. The summed E-state index contributed by atoms with van der Waals surface area (Å²) in [5.74, 6) is 0.837. The summed E-state index contributed by atoms with van der Waals surface area (Å²) in [5.41, 5.74) is 4.02. The number of imidazole rings is 1. The molecule has 2 aromatic carbocycles. The molecular weight excluding hydrogens is 291 g/mol. The highest BCUT2D eigenvalue weighted by Gasteiger charge is 2.10. The van der Waals surface area contributed by atoms with Gasteiger partial charge in [-0.2, -0.15) is 0 Å². The molecule has 0 radical (unpaired) electrons. The molecule has 2 nitrogen and oxygen atoms in total. The molecule has 1 aromatic heterocycles. The Hall–Kier alpha value is -1.77. The zero-order valence-corrected chi connectivity index (χ0v) is 12.3. The van der Waals surface area contributed by atoms with E-state index in [9.17, 15) is 0 Å². The Bertz CT molecular complexity index is 728. The van der Waals surface area contributed by atoms with E-state index in [1.54, 1.807) is 0 Å². The second kappa shape index (κ2) is 5.31.